The van der Waals surface area contributed by atoms with Crippen LogP contribution in [0.2, 0.25) is 10.0 Å². The molecule has 2 bridgehead atoms. The van der Waals surface area contributed by atoms with Crippen molar-refractivity contribution in [3.05, 3.63) is 28.2 Å². The maximum Gasteiger partial charge on any atom is 0.238 e. The number of fused-ring (bicyclic) bond motifs is 2. The summed E-state index contributed by atoms with van der Waals surface area (Å²) in [6.07, 6.45) is 4.95. The van der Waals surface area contributed by atoms with Crippen molar-refractivity contribution >= 4 is 34.8 Å². The number of hydrogen-bond donors (Lipinski definition) is 1. The third kappa shape index (κ3) is 2.88. The fourth-order valence-electron chi connectivity index (χ4n) is 3.27. The van der Waals surface area contributed by atoms with Crippen molar-refractivity contribution in [3.8, 4) is 0 Å². The average molecular weight is 299 g/mol. The summed E-state index contributed by atoms with van der Waals surface area (Å²) in [5.74, 6) is 0.0112. The monoisotopic (exact) mass is 298 g/mol. The molecule has 2 aliphatic heterocycles. The van der Waals surface area contributed by atoms with Crippen LogP contribution in [0.4, 0.5) is 5.69 Å². The summed E-state index contributed by atoms with van der Waals surface area (Å²) in [6.45, 7) is 0.472. The molecule has 0 spiro atoms. The first-order valence-electron chi connectivity index (χ1n) is 6.63. The Morgan fingerprint density at radius 3 is 2.16 bits per heavy atom. The van der Waals surface area contributed by atoms with Gasteiger partial charge in [-0.05, 0) is 43.9 Å². The fourth-order valence-corrected chi connectivity index (χ4v) is 3.80. The highest BCUT2D eigenvalue weighted by atomic mass is 35.5. The van der Waals surface area contributed by atoms with E-state index in [-0.39, 0.29) is 5.91 Å². The van der Waals surface area contributed by atoms with Gasteiger partial charge in [0.05, 0.1) is 6.54 Å². The van der Waals surface area contributed by atoms with Crippen molar-refractivity contribution in [2.45, 2.75) is 37.8 Å². The van der Waals surface area contributed by atoms with E-state index in [1.165, 1.54) is 25.7 Å². The van der Waals surface area contributed by atoms with E-state index in [4.69, 9.17) is 23.2 Å². The van der Waals surface area contributed by atoms with E-state index < -0.39 is 0 Å². The highest BCUT2D eigenvalue weighted by molar-refractivity contribution is 6.35. The van der Waals surface area contributed by atoms with Gasteiger partial charge in [0, 0.05) is 27.8 Å². The van der Waals surface area contributed by atoms with Gasteiger partial charge in [-0.1, -0.05) is 23.2 Å². The molecule has 0 aromatic heterocycles. The van der Waals surface area contributed by atoms with Gasteiger partial charge in [0.25, 0.3) is 0 Å². The molecule has 102 valence electrons. The summed E-state index contributed by atoms with van der Waals surface area (Å²) >= 11 is 11.8. The standard InChI is InChI=1S/C14H16Cl2N2O/c15-9-5-10(16)7-11(6-9)17-14(19)8-18-12-1-2-13(18)4-3-12/h5-7,12-13H,1-4,8H2,(H,17,19). The Bertz CT molecular complexity index is 466. The number of carbonyl (C=O) groups excluding carboxylic acids is 1. The van der Waals surface area contributed by atoms with Gasteiger partial charge in [0.2, 0.25) is 5.91 Å². The maximum absolute atomic E-state index is 12.1. The third-order valence-corrected chi connectivity index (χ3v) is 4.51. The van der Waals surface area contributed by atoms with Gasteiger partial charge in [-0.2, -0.15) is 0 Å². The minimum atomic E-state index is 0.0112. The lowest BCUT2D eigenvalue weighted by molar-refractivity contribution is -0.117. The topological polar surface area (TPSA) is 32.3 Å². The molecule has 0 atom stereocenters. The molecule has 19 heavy (non-hydrogen) atoms. The fraction of sp³-hybridized carbons (Fsp3) is 0.500. The van der Waals surface area contributed by atoms with Crippen LogP contribution in [-0.2, 0) is 4.79 Å². The summed E-state index contributed by atoms with van der Waals surface area (Å²) in [5, 5.41) is 3.93. The van der Waals surface area contributed by atoms with Crippen LogP contribution in [0.1, 0.15) is 25.7 Å². The van der Waals surface area contributed by atoms with Crippen molar-refractivity contribution in [1.82, 2.24) is 4.90 Å². The molecule has 2 saturated heterocycles. The first-order chi connectivity index (χ1) is 9.11. The molecular formula is C14H16Cl2N2O. The molecule has 0 unspecified atom stereocenters. The number of nitrogens with zero attached hydrogens (tertiary/aromatic N) is 1. The van der Waals surface area contributed by atoms with Gasteiger partial charge in [0.1, 0.15) is 0 Å². The lowest BCUT2D eigenvalue weighted by Gasteiger charge is -2.20. The molecule has 2 heterocycles. The molecule has 1 aromatic rings. The van der Waals surface area contributed by atoms with Gasteiger partial charge < -0.3 is 5.32 Å². The first kappa shape index (κ1) is 13.2. The SMILES string of the molecule is O=C(CN1C2CCC1CC2)Nc1cc(Cl)cc(Cl)c1. The van der Waals surface area contributed by atoms with E-state index in [2.05, 4.69) is 10.2 Å². The molecule has 0 aliphatic carbocycles. The van der Waals surface area contributed by atoms with Crippen LogP contribution in [0.5, 0.6) is 0 Å². The Kier molecular flexibility index (Phi) is 3.70. The lowest BCUT2D eigenvalue weighted by Crippen LogP contribution is -2.36. The van der Waals surface area contributed by atoms with Crippen LogP contribution in [0, 0.1) is 0 Å². The van der Waals surface area contributed by atoms with E-state index in [1.54, 1.807) is 18.2 Å². The van der Waals surface area contributed by atoms with Crippen LogP contribution in [0.3, 0.4) is 0 Å². The quantitative estimate of drug-likeness (QED) is 0.925. The Morgan fingerprint density at radius 2 is 1.63 bits per heavy atom. The highest BCUT2D eigenvalue weighted by Crippen LogP contribution is 2.36. The van der Waals surface area contributed by atoms with E-state index in [1.807, 2.05) is 0 Å². The molecule has 0 radical (unpaired) electrons. The smallest absolute Gasteiger partial charge is 0.238 e. The van der Waals surface area contributed by atoms with Gasteiger partial charge in [-0.3, -0.25) is 9.69 Å². The molecule has 0 saturated carbocycles. The normalized spacial score (nSPS) is 25.8. The molecule has 1 aromatic carbocycles. The molecule has 1 amide bonds. The number of hydrogen-bond acceptors (Lipinski definition) is 2. The summed E-state index contributed by atoms with van der Waals surface area (Å²) in [6, 6.07) is 6.30. The zero-order chi connectivity index (χ0) is 13.4. The van der Waals surface area contributed by atoms with E-state index >= 15 is 0 Å². The second-order valence-electron chi connectivity index (χ2n) is 5.34. The minimum Gasteiger partial charge on any atom is -0.325 e. The predicted molar refractivity (Wildman–Crippen MR) is 77.8 cm³/mol. The number of amides is 1. The highest BCUT2D eigenvalue weighted by Gasteiger charge is 2.39. The number of rotatable bonds is 3. The number of halogens is 2. The van der Waals surface area contributed by atoms with Crippen LogP contribution >= 0.6 is 23.2 Å². The van der Waals surface area contributed by atoms with Gasteiger partial charge >= 0.3 is 0 Å². The first-order valence-corrected chi connectivity index (χ1v) is 7.39. The minimum absolute atomic E-state index is 0.0112. The number of benzene rings is 1. The summed E-state index contributed by atoms with van der Waals surface area (Å²) in [5.41, 5.74) is 0.661. The van der Waals surface area contributed by atoms with Crippen molar-refractivity contribution < 1.29 is 4.79 Å². The third-order valence-electron chi connectivity index (χ3n) is 4.08. The average Bonchev–Trinajstić information content (AvgIpc) is 2.87. The zero-order valence-corrected chi connectivity index (χ0v) is 12.0. The molecule has 2 fully saturated rings. The second kappa shape index (κ2) is 5.31. The van der Waals surface area contributed by atoms with Gasteiger partial charge in [-0.15, -0.1) is 0 Å². The van der Waals surface area contributed by atoms with Crippen molar-refractivity contribution in [2.24, 2.45) is 0 Å². The summed E-state index contributed by atoms with van der Waals surface area (Å²) in [7, 11) is 0. The Morgan fingerprint density at radius 1 is 1.11 bits per heavy atom. The molecule has 5 heteroatoms. The molecule has 2 aliphatic rings. The lowest BCUT2D eigenvalue weighted by atomic mass is 10.0. The summed E-state index contributed by atoms with van der Waals surface area (Å²) in [4.78, 5) is 14.4. The van der Waals surface area contributed by atoms with Crippen molar-refractivity contribution in [2.75, 3.05) is 11.9 Å². The second-order valence-corrected chi connectivity index (χ2v) is 6.21. The number of anilines is 1. The van der Waals surface area contributed by atoms with Gasteiger partial charge in [-0.25, -0.2) is 0 Å². The largest absolute Gasteiger partial charge is 0.325 e. The summed E-state index contributed by atoms with van der Waals surface area (Å²) < 4.78 is 0. The molecule has 3 rings (SSSR count). The van der Waals surface area contributed by atoms with Crippen molar-refractivity contribution in [1.29, 1.82) is 0 Å². The predicted octanol–water partition coefficient (Wildman–Crippen LogP) is 3.56. The Balaban J connectivity index is 1.62. The van der Waals surface area contributed by atoms with Crippen LogP contribution < -0.4 is 5.32 Å². The van der Waals surface area contributed by atoms with Crippen molar-refractivity contribution in [3.63, 3.8) is 0 Å². The molecular weight excluding hydrogens is 283 g/mol. The van der Waals surface area contributed by atoms with Crippen LogP contribution in [0.25, 0.3) is 0 Å². The van der Waals surface area contributed by atoms with Crippen LogP contribution in [0.15, 0.2) is 18.2 Å². The van der Waals surface area contributed by atoms with Gasteiger partial charge in [0.15, 0.2) is 0 Å². The van der Waals surface area contributed by atoms with E-state index in [9.17, 15) is 4.79 Å². The molecule has 3 nitrogen and oxygen atoms in total. The molecule has 1 N–H and O–H groups in total. The number of carbonyl (C=O) groups is 1. The maximum atomic E-state index is 12.1. The van der Waals surface area contributed by atoms with E-state index in [0.717, 1.165) is 0 Å². The number of nitrogens with one attached hydrogen (secondary N) is 1. The Labute approximate surface area is 122 Å². The Hall–Kier alpha value is -0.770. The zero-order valence-electron chi connectivity index (χ0n) is 10.5. The van der Waals surface area contributed by atoms with E-state index in [0.29, 0.717) is 34.4 Å². The van der Waals surface area contributed by atoms with Crippen LogP contribution in [-0.4, -0.2) is 29.4 Å².